The summed E-state index contributed by atoms with van der Waals surface area (Å²) in [4.78, 5) is 13.7. The second-order valence-electron chi connectivity index (χ2n) is 9.22. The number of aromatic nitrogens is 2. The highest BCUT2D eigenvalue weighted by Crippen LogP contribution is 2.42. The third-order valence-corrected chi connectivity index (χ3v) is 9.48. The topological polar surface area (TPSA) is 129 Å². The van der Waals surface area contributed by atoms with Gasteiger partial charge in [-0.1, -0.05) is 0 Å². The van der Waals surface area contributed by atoms with E-state index in [9.17, 15) is 13.2 Å². The first kappa shape index (κ1) is 23.5. The molecular formula is C21H29N7O3S3. The van der Waals surface area contributed by atoms with E-state index in [-0.39, 0.29) is 22.8 Å². The number of thiocarbonyl (C=S) groups is 1. The number of hydrazine groups is 1. The third kappa shape index (κ3) is 5.37. The maximum Gasteiger partial charge on any atom is 0.243 e. The third-order valence-electron chi connectivity index (χ3n) is 6.39. The van der Waals surface area contributed by atoms with Crippen LogP contribution in [0.25, 0.3) is 0 Å². The molecule has 34 heavy (non-hydrogen) atoms. The van der Waals surface area contributed by atoms with Crippen LogP contribution in [-0.2, 0) is 34.7 Å². The molecular weight excluding hydrogens is 494 g/mol. The van der Waals surface area contributed by atoms with E-state index >= 15 is 0 Å². The molecule has 1 unspecified atom stereocenters. The van der Waals surface area contributed by atoms with Crippen LogP contribution < -0.4 is 26.2 Å². The predicted octanol–water partition coefficient (Wildman–Crippen LogP) is 1.87. The molecule has 0 aliphatic heterocycles. The molecule has 184 valence electrons. The molecule has 0 bridgehead atoms. The van der Waals surface area contributed by atoms with E-state index in [1.807, 2.05) is 13.1 Å². The zero-order valence-corrected chi connectivity index (χ0v) is 21.3. The van der Waals surface area contributed by atoms with Crippen LogP contribution in [0.1, 0.15) is 42.5 Å². The molecule has 0 aromatic carbocycles. The number of carbonyl (C=O) groups is 1. The van der Waals surface area contributed by atoms with Gasteiger partial charge >= 0.3 is 0 Å². The number of thiophene rings is 1. The van der Waals surface area contributed by atoms with Crippen LogP contribution in [0, 0.1) is 11.8 Å². The van der Waals surface area contributed by atoms with Crippen molar-refractivity contribution in [1.82, 2.24) is 25.2 Å². The predicted molar refractivity (Wildman–Crippen MR) is 135 cm³/mol. The number of amides is 1. The number of carbonyl (C=O) groups excluding carboxylic acids is 1. The Kier molecular flexibility index (Phi) is 6.53. The number of sulfonamides is 1. The van der Waals surface area contributed by atoms with Gasteiger partial charge in [-0.05, 0) is 68.6 Å². The van der Waals surface area contributed by atoms with Gasteiger partial charge in [0.05, 0.1) is 6.20 Å². The minimum Gasteiger partial charge on any atom is -0.358 e. The Morgan fingerprint density at radius 3 is 2.74 bits per heavy atom. The van der Waals surface area contributed by atoms with Gasteiger partial charge in [0, 0.05) is 36.5 Å². The van der Waals surface area contributed by atoms with Gasteiger partial charge in [-0.2, -0.15) is 5.10 Å². The quantitative estimate of drug-likeness (QED) is 0.249. The second-order valence-corrected chi connectivity index (χ2v) is 12.4. The van der Waals surface area contributed by atoms with Gasteiger partial charge in [0.2, 0.25) is 15.9 Å². The lowest BCUT2D eigenvalue weighted by atomic mass is 9.94. The zero-order valence-electron chi connectivity index (χ0n) is 18.9. The number of hydrogen-bond donors (Lipinski definition) is 5. The van der Waals surface area contributed by atoms with E-state index < -0.39 is 10.0 Å². The second kappa shape index (κ2) is 9.44. The van der Waals surface area contributed by atoms with E-state index in [1.165, 1.54) is 11.3 Å². The van der Waals surface area contributed by atoms with Crippen molar-refractivity contribution in [3.8, 4) is 0 Å². The number of nitrogens with zero attached hydrogens (tertiary/aromatic N) is 2. The van der Waals surface area contributed by atoms with Crippen molar-refractivity contribution in [3.05, 3.63) is 22.7 Å². The molecule has 3 aliphatic rings. The van der Waals surface area contributed by atoms with Gasteiger partial charge in [0.25, 0.3) is 0 Å². The van der Waals surface area contributed by atoms with Gasteiger partial charge in [-0.15, -0.1) is 11.3 Å². The number of nitrogens with one attached hydrogen (secondary N) is 5. The van der Waals surface area contributed by atoms with E-state index in [2.05, 4.69) is 31.3 Å². The number of hydrogen-bond acceptors (Lipinski definition) is 7. The standard InChI is InChI=1S/C21H29N7O3S3/c1-28-17(8-9-22-28)26-27-21(32)24-14-6-7-16-15(10-14)18(34(30,31)23-11-12-2-3-12)20(33-16)25-19(29)13-4-5-13/h8-9,12-14,23,26H,2-7,10-11H2,1H3,(H,25,29)(H2,24,27,32). The van der Waals surface area contributed by atoms with Crippen LogP contribution in [0.3, 0.4) is 0 Å². The summed E-state index contributed by atoms with van der Waals surface area (Å²) in [5.74, 6) is 1.09. The average molecular weight is 524 g/mol. The highest BCUT2D eigenvalue weighted by molar-refractivity contribution is 7.90. The SMILES string of the molecule is Cn1nccc1NNC(=S)NC1CCc2sc(NC(=O)C3CC3)c(S(=O)(=O)NCC3CC3)c2C1. The molecule has 1 atom stereocenters. The Bertz CT molecular complexity index is 1200. The Hall–Kier alpha value is -2.22. The van der Waals surface area contributed by atoms with Crippen molar-refractivity contribution in [2.45, 2.75) is 55.9 Å². The summed E-state index contributed by atoms with van der Waals surface area (Å²) in [6.07, 6.45) is 7.56. The minimum atomic E-state index is -3.74. The first-order chi connectivity index (χ1) is 16.3. The lowest BCUT2D eigenvalue weighted by Crippen LogP contribution is -2.46. The van der Waals surface area contributed by atoms with Crippen molar-refractivity contribution in [1.29, 1.82) is 0 Å². The molecule has 0 spiro atoms. The Labute approximate surface area is 208 Å². The van der Waals surface area contributed by atoms with Crippen molar-refractivity contribution >= 4 is 55.4 Å². The Balaban J connectivity index is 1.31. The first-order valence-corrected chi connectivity index (χ1v) is 14.3. The summed E-state index contributed by atoms with van der Waals surface area (Å²) < 4.78 is 31.2. The lowest BCUT2D eigenvalue weighted by Gasteiger charge is -2.25. The molecule has 0 radical (unpaired) electrons. The van der Waals surface area contributed by atoms with E-state index in [0.717, 1.165) is 54.8 Å². The molecule has 2 saturated carbocycles. The maximum atomic E-state index is 13.3. The summed E-state index contributed by atoms with van der Waals surface area (Å²) in [7, 11) is -1.93. The summed E-state index contributed by atoms with van der Waals surface area (Å²) in [5.41, 5.74) is 6.75. The number of aryl methyl sites for hydroxylation is 2. The molecule has 3 aliphatic carbocycles. The summed E-state index contributed by atoms with van der Waals surface area (Å²) in [5, 5.41) is 11.2. The molecule has 2 heterocycles. The molecule has 2 aromatic heterocycles. The Morgan fingerprint density at radius 1 is 1.26 bits per heavy atom. The van der Waals surface area contributed by atoms with Crippen molar-refractivity contribution in [2.75, 3.05) is 17.3 Å². The maximum absolute atomic E-state index is 13.3. The van der Waals surface area contributed by atoms with Gasteiger partial charge < -0.3 is 10.6 Å². The molecule has 5 N–H and O–H groups in total. The fraction of sp³-hybridized carbons (Fsp3) is 0.571. The average Bonchev–Trinajstić information content (AvgIpc) is 3.71. The zero-order chi connectivity index (χ0) is 23.9. The van der Waals surface area contributed by atoms with Crippen LogP contribution in [0.15, 0.2) is 17.2 Å². The molecule has 13 heteroatoms. The van der Waals surface area contributed by atoms with Crippen molar-refractivity contribution in [3.63, 3.8) is 0 Å². The largest absolute Gasteiger partial charge is 0.358 e. The van der Waals surface area contributed by atoms with Gasteiger partial charge in [0.15, 0.2) is 5.11 Å². The summed E-state index contributed by atoms with van der Waals surface area (Å²) in [6.45, 7) is 0.443. The van der Waals surface area contributed by atoms with E-state index in [0.29, 0.717) is 29.0 Å². The van der Waals surface area contributed by atoms with Crippen molar-refractivity contribution in [2.24, 2.45) is 18.9 Å². The monoisotopic (exact) mass is 523 g/mol. The summed E-state index contributed by atoms with van der Waals surface area (Å²) >= 11 is 6.83. The number of fused-ring (bicyclic) bond motifs is 1. The van der Waals surface area contributed by atoms with Gasteiger partial charge in [-0.3, -0.25) is 20.3 Å². The molecule has 10 nitrogen and oxygen atoms in total. The van der Waals surface area contributed by atoms with Gasteiger partial charge in [-0.25, -0.2) is 13.1 Å². The number of anilines is 2. The molecule has 2 fully saturated rings. The Morgan fingerprint density at radius 2 is 2.06 bits per heavy atom. The molecule has 5 rings (SSSR count). The first-order valence-electron chi connectivity index (χ1n) is 11.6. The lowest BCUT2D eigenvalue weighted by molar-refractivity contribution is -0.117. The summed E-state index contributed by atoms with van der Waals surface area (Å²) in [6, 6.07) is 1.79. The van der Waals surface area contributed by atoms with Crippen molar-refractivity contribution < 1.29 is 13.2 Å². The van der Waals surface area contributed by atoms with Crippen LogP contribution in [0.4, 0.5) is 10.8 Å². The minimum absolute atomic E-state index is 0.00102. The van der Waals surface area contributed by atoms with Crippen LogP contribution in [0.5, 0.6) is 0 Å². The van der Waals surface area contributed by atoms with E-state index in [4.69, 9.17) is 12.2 Å². The smallest absolute Gasteiger partial charge is 0.243 e. The molecule has 2 aromatic rings. The van der Waals surface area contributed by atoms with Crippen LogP contribution in [0.2, 0.25) is 0 Å². The highest BCUT2D eigenvalue weighted by atomic mass is 32.2. The van der Waals surface area contributed by atoms with Crippen LogP contribution in [-0.4, -0.2) is 41.8 Å². The van der Waals surface area contributed by atoms with Gasteiger partial charge in [0.1, 0.15) is 15.7 Å². The fourth-order valence-electron chi connectivity index (χ4n) is 4.07. The number of rotatable bonds is 9. The molecule has 0 saturated heterocycles. The van der Waals surface area contributed by atoms with Crippen LogP contribution >= 0.6 is 23.6 Å². The van der Waals surface area contributed by atoms with E-state index in [1.54, 1.807) is 10.9 Å². The highest BCUT2D eigenvalue weighted by Gasteiger charge is 2.36. The fourth-order valence-corrected chi connectivity index (χ4v) is 7.37. The normalized spacial score (nSPS) is 19.9. The molecule has 1 amide bonds.